The van der Waals surface area contributed by atoms with E-state index in [4.69, 9.17) is 10.5 Å². The van der Waals surface area contributed by atoms with E-state index in [-0.39, 0.29) is 23.3 Å². The number of hydrogen-bond acceptors (Lipinski definition) is 4. The number of nitrogens with one attached hydrogen (secondary N) is 1. The molecule has 1 aliphatic rings. The van der Waals surface area contributed by atoms with E-state index in [1.54, 1.807) is 7.11 Å². The number of nitrogens with two attached hydrogens (primary N) is 1. The lowest BCUT2D eigenvalue weighted by atomic mass is 9.86. The number of rotatable bonds is 5. The summed E-state index contributed by atoms with van der Waals surface area (Å²) in [7, 11) is 1.61. The molecule has 1 saturated heterocycles. The summed E-state index contributed by atoms with van der Waals surface area (Å²) < 4.78 is 5.31. The average Bonchev–Trinajstić information content (AvgIpc) is 2.61. The van der Waals surface area contributed by atoms with Gasteiger partial charge in [0.1, 0.15) is 5.75 Å². The first-order valence-electron chi connectivity index (χ1n) is 9.18. The number of piperidine rings is 1. The zero-order chi connectivity index (χ0) is 19.3. The number of para-hydroxylation sites is 1. The predicted molar refractivity (Wildman–Crippen MR) is 102 cm³/mol. The number of ether oxygens (including phenoxy) is 1. The molecule has 1 atom stereocenters. The molecule has 0 bridgehead atoms. The van der Waals surface area contributed by atoms with Gasteiger partial charge in [0.15, 0.2) is 0 Å². The lowest BCUT2D eigenvalue weighted by Gasteiger charge is -2.34. The molecule has 1 fully saturated rings. The largest absolute Gasteiger partial charge is 0.496 e. The third-order valence-electron chi connectivity index (χ3n) is 4.94. The number of hydrogen-bond donors (Lipinski definition) is 2. The fourth-order valence-electron chi connectivity index (χ4n) is 3.08. The van der Waals surface area contributed by atoms with Crippen molar-refractivity contribution in [3.05, 3.63) is 29.8 Å². The Bertz CT molecular complexity index is 631. The lowest BCUT2D eigenvalue weighted by Crippen LogP contribution is -2.54. The summed E-state index contributed by atoms with van der Waals surface area (Å²) >= 11 is 0. The molecule has 1 heterocycles. The van der Waals surface area contributed by atoms with Crippen LogP contribution in [0.3, 0.4) is 0 Å². The second kappa shape index (κ2) is 8.54. The van der Waals surface area contributed by atoms with Gasteiger partial charge in [0.05, 0.1) is 19.6 Å². The maximum Gasteiger partial charge on any atom is 0.237 e. The van der Waals surface area contributed by atoms with E-state index in [2.05, 4.69) is 5.32 Å². The molecule has 144 valence electrons. The highest BCUT2D eigenvalue weighted by Crippen LogP contribution is 2.21. The smallest absolute Gasteiger partial charge is 0.237 e. The Morgan fingerprint density at radius 2 is 1.88 bits per heavy atom. The summed E-state index contributed by atoms with van der Waals surface area (Å²) in [6.45, 7) is 7.15. The van der Waals surface area contributed by atoms with E-state index in [1.807, 2.05) is 49.9 Å². The van der Waals surface area contributed by atoms with Crippen LogP contribution in [0.4, 0.5) is 0 Å². The summed E-state index contributed by atoms with van der Waals surface area (Å²) in [5.74, 6) is 0.709. The predicted octanol–water partition coefficient (Wildman–Crippen LogP) is 1.72. The molecule has 26 heavy (non-hydrogen) atoms. The second-order valence-electron chi connectivity index (χ2n) is 8.00. The van der Waals surface area contributed by atoms with E-state index in [1.165, 1.54) is 0 Å². The number of carbonyl (C=O) groups excluding carboxylic acids is 2. The Hall–Kier alpha value is -2.08. The van der Waals surface area contributed by atoms with Crippen LogP contribution in [0, 0.1) is 5.41 Å². The van der Waals surface area contributed by atoms with Crippen molar-refractivity contribution in [1.29, 1.82) is 0 Å². The number of nitrogens with zero attached hydrogens (tertiary/aromatic N) is 1. The Kier molecular flexibility index (Phi) is 6.64. The highest BCUT2D eigenvalue weighted by atomic mass is 16.5. The molecule has 6 nitrogen and oxygen atoms in total. The summed E-state index contributed by atoms with van der Waals surface area (Å²) in [6, 6.07) is 7.12. The van der Waals surface area contributed by atoms with Gasteiger partial charge in [-0.25, -0.2) is 0 Å². The fraction of sp³-hybridized carbons (Fsp3) is 0.600. The van der Waals surface area contributed by atoms with E-state index < -0.39 is 6.04 Å². The number of amides is 2. The average molecular weight is 361 g/mol. The van der Waals surface area contributed by atoms with Crippen molar-refractivity contribution in [2.24, 2.45) is 11.1 Å². The van der Waals surface area contributed by atoms with Crippen LogP contribution in [0.5, 0.6) is 5.75 Å². The second-order valence-corrected chi connectivity index (χ2v) is 8.00. The molecule has 1 aromatic carbocycles. The monoisotopic (exact) mass is 361 g/mol. The minimum atomic E-state index is -0.535. The Balaban J connectivity index is 1.84. The van der Waals surface area contributed by atoms with Crippen molar-refractivity contribution < 1.29 is 14.3 Å². The van der Waals surface area contributed by atoms with Crippen LogP contribution >= 0.6 is 0 Å². The standard InChI is InChI=1S/C20H31N3O3/c1-20(2,3)18(21)19(25)22-15-9-11-23(12-10-15)17(24)13-14-7-5-6-8-16(14)26-4/h5-8,15,18H,9-13,21H2,1-4H3,(H,22,25)/t18-/m1/s1. The number of benzene rings is 1. The first kappa shape index (κ1) is 20.2. The normalized spacial score (nSPS) is 16.9. The molecule has 1 aromatic rings. The van der Waals surface area contributed by atoms with Gasteiger partial charge >= 0.3 is 0 Å². The zero-order valence-electron chi connectivity index (χ0n) is 16.2. The minimum absolute atomic E-state index is 0.0752. The molecule has 3 N–H and O–H groups in total. The van der Waals surface area contributed by atoms with E-state index >= 15 is 0 Å². The van der Waals surface area contributed by atoms with Crippen molar-refractivity contribution in [2.75, 3.05) is 20.2 Å². The Morgan fingerprint density at radius 3 is 2.46 bits per heavy atom. The molecular weight excluding hydrogens is 330 g/mol. The molecule has 0 aromatic heterocycles. The molecule has 0 radical (unpaired) electrons. The zero-order valence-corrected chi connectivity index (χ0v) is 16.2. The van der Waals surface area contributed by atoms with Crippen molar-refractivity contribution >= 4 is 11.8 Å². The molecule has 0 aliphatic carbocycles. The van der Waals surface area contributed by atoms with Crippen molar-refractivity contribution in [3.8, 4) is 5.75 Å². The summed E-state index contributed by atoms with van der Waals surface area (Å²) in [5.41, 5.74) is 6.64. The summed E-state index contributed by atoms with van der Waals surface area (Å²) in [6.07, 6.45) is 1.83. The van der Waals surface area contributed by atoms with Crippen LogP contribution in [0.2, 0.25) is 0 Å². The molecule has 6 heteroatoms. The minimum Gasteiger partial charge on any atom is -0.496 e. The van der Waals surface area contributed by atoms with Gasteiger partial charge in [-0.1, -0.05) is 39.0 Å². The summed E-state index contributed by atoms with van der Waals surface area (Å²) in [4.78, 5) is 26.7. The van der Waals surface area contributed by atoms with Crippen LogP contribution in [0.15, 0.2) is 24.3 Å². The highest BCUT2D eigenvalue weighted by Gasteiger charge is 2.30. The lowest BCUT2D eigenvalue weighted by molar-refractivity contribution is -0.131. The maximum atomic E-state index is 12.6. The Labute approximate surface area is 156 Å². The van der Waals surface area contributed by atoms with E-state index in [9.17, 15) is 9.59 Å². The molecule has 0 saturated carbocycles. The number of methoxy groups -OCH3 is 1. The van der Waals surface area contributed by atoms with Crippen LogP contribution in [0.1, 0.15) is 39.2 Å². The van der Waals surface area contributed by atoms with Crippen molar-refractivity contribution in [2.45, 2.75) is 52.1 Å². The van der Waals surface area contributed by atoms with Gasteiger partial charge in [0.25, 0.3) is 0 Å². The van der Waals surface area contributed by atoms with E-state index in [0.717, 1.165) is 24.2 Å². The first-order valence-corrected chi connectivity index (χ1v) is 9.18. The Morgan fingerprint density at radius 1 is 1.27 bits per heavy atom. The van der Waals surface area contributed by atoms with Gasteiger partial charge < -0.3 is 20.7 Å². The van der Waals surface area contributed by atoms with Crippen molar-refractivity contribution in [3.63, 3.8) is 0 Å². The molecule has 2 amide bonds. The third-order valence-corrected chi connectivity index (χ3v) is 4.94. The van der Waals surface area contributed by atoms with Gasteiger partial charge in [0.2, 0.25) is 11.8 Å². The van der Waals surface area contributed by atoms with Gasteiger partial charge in [-0.15, -0.1) is 0 Å². The highest BCUT2D eigenvalue weighted by molar-refractivity contribution is 5.82. The van der Waals surface area contributed by atoms with Gasteiger partial charge in [-0.2, -0.15) is 0 Å². The molecule has 1 aliphatic heterocycles. The van der Waals surface area contributed by atoms with E-state index in [0.29, 0.717) is 19.5 Å². The third kappa shape index (κ3) is 5.21. The van der Waals surface area contributed by atoms with Crippen LogP contribution in [0.25, 0.3) is 0 Å². The first-order chi connectivity index (χ1) is 12.2. The fourth-order valence-corrected chi connectivity index (χ4v) is 3.08. The van der Waals surface area contributed by atoms with Crippen molar-refractivity contribution in [1.82, 2.24) is 10.2 Å². The topological polar surface area (TPSA) is 84.7 Å². The van der Waals surface area contributed by atoms with Gasteiger partial charge in [-0.3, -0.25) is 9.59 Å². The number of likely N-dealkylation sites (tertiary alicyclic amines) is 1. The van der Waals surface area contributed by atoms with Crippen LogP contribution in [-0.2, 0) is 16.0 Å². The maximum absolute atomic E-state index is 12.6. The quantitative estimate of drug-likeness (QED) is 0.836. The van der Waals surface area contributed by atoms with Gasteiger partial charge in [0, 0.05) is 24.7 Å². The van der Waals surface area contributed by atoms with Crippen LogP contribution in [-0.4, -0.2) is 49.0 Å². The molecular formula is C20H31N3O3. The summed E-state index contributed by atoms with van der Waals surface area (Å²) in [5, 5.41) is 3.03. The molecule has 2 rings (SSSR count). The van der Waals surface area contributed by atoms with Crippen LogP contribution < -0.4 is 15.8 Å². The van der Waals surface area contributed by atoms with Gasteiger partial charge in [-0.05, 0) is 24.3 Å². The molecule has 0 unspecified atom stereocenters. The molecule has 0 spiro atoms. The number of carbonyl (C=O) groups is 2. The SMILES string of the molecule is COc1ccccc1CC(=O)N1CCC(NC(=O)[C@@H](N)C(C)(C)C)CC1.